The zero-order chi connectivity index (χ0) is 9.10. The van der Waals surface area contributed by atoms with E-state index in [9.17, 15) is 0 Å². The maximum Gasteiger partial charge on any atom is -0.0203 e. The van der Waals surface area contributed by atoms with Crippen LogP contribution in [0.1, 0.15) is 51.4 Å². The molecule has 0 atom stereocenters. The minimum atomic E-state index is 0.848. The second-order valence-electron chi connectivity index (χ2n) is 4.77. The summed E-state index contributed by atoms with van der Waals surface area (Å²) in [6, 6.07) is 0. The predicted molar refractivity (Wildman–Crippen MR) is 57.4 cm³/mol. The van der Waals surface area contributed by atoms with Crippen LogP contribution in [0.4, 0.5) is 0 Å². The van der Waals surface area contributed by atoms with Gasteiger partial charge in [0.15, 0.2) is 0 Å². The fraction of sp³-hybridized carbons (Fsp3) is 0.769. The van der Waals surface area contributed by atoms with Crippen LogP contribution in [-0.2, 0) is 0 Å². The van der Waals surface area contributed by atoms with Crippen molar-refractivity contribution >= 4 is 0 Å². The van der Waals surface area contributed by atoms with Gasteiger partial charge in [-0.05, 0) is 44.4 Å². The second-order valence-corrected chi connectivity index (χ2v) is 4.77. The summed E-state index contributed by atoms with van der Waals surface area (Å²) in [5, 5.41) is 0. The minimum absolute atomic E-state index is 0.848. The summed E-state index contributed by atoms with van der Waals surface area (Å²) < 4.78 is 0. The van der Waals surface area contributed by atoms with Gasteiger partial charge in [0, 0.05) is 0 Å². The topological polar surface area (TPSA) is 0 Å². The molecule has 0 amide bonds. The molecule has 0 aromatic carbocycles. The van der Waals surface area contributed by atoms with Crippen LogP contribution in [-0.4, -0.2) is 0 Å². The summed E-state index contributed by atoms with van der Waals surface area (Å²) in [7, 11) is 0. The quantitative estimate of drug-likeness (QED) is 0.595. The molecule has 2 aliphatic carbocycles. The number of hydrogen-bond donors (Lipinski definition) is 0. The van der Waals surface area contributed by atoms with E-state index < -0.39 is 0 Å². The van der Waals surface area contributed by atoms with Crippen molar-refractivity contribution < 1.29 is 0 Å². The van der Waals surface area contributed by atoms with Crippen LogP contribution in [0.2, 0.25) is 0 Å². The van der Waals surface area contributed by atoms with Gasteiger partial charge >= 0.3 is 0 Å². The van der Waals surface area contributed by atoms with Gasteiger partial charge in [-0.25, -0.2) is 0 Å². The monoisotopic (exact) mass is 177 g/mol. The number of allylic oxidation sites excluding steroid dienone is 2. The first-order chi connectivity index (χ1) is 6.36. The van der Waals surface area contributed by atoms with E-state index in [-0.39, 0.29) is 0 Å². The fourth-order valence-corrected chi connectivity index (χ4v) is 2.86. The van der Waals surface area contributed by atoms with Crippen molar-refractivity contribution in [2.75, 3.05) is 0 Å². The van der Waals surface area contributed by atoms with Crippen LogP contribution in [0.15, 0.2) is 11.6 Å². The van der Waals surface area contributed by atoms with Gasteiger partial charge in [-0.2, -0.15) is 0 Å². The summed E-state index contributed by atoms with van der Waals surface area (Å²) in [5.74, 6) is 1.73. The first kappa shape index (κ1) is 9.30. The van der Waals surface area contributed by atoms with Crippen LogP contribution in [0.25, 0.3) is 0 Å². The van der Waals surface area contributed by atoms with Crippen molar-refractivity contribution in [3.63, 3.8) is 0 Å². The van der Waals surface area contributed by atoms with Crippen LogP contribution < -0.4 is 0 Å². The summed E-state index contributed by atoms with van der Waals surface area (Å²) in [6.45, 7) is 4.24. The largest absolute Gasteiger partial charge is 0.0819 e. The van der Waals surface area contributed by atoms with E-state index in [1.165, 1.54) is 56.9 Å². The van der Waals surface area contributed by atoms with E-state index >= 15 is 0 Å². The highest BCUT2D eigenvalue weighted by Gasteiger charge is 2.19. The molecule has 0 unspecified atom stereocenters. The van der Waals surface area contributed by atoms with Gasteiger partial charge in [0.05, 0.1) is 0 Å². The molecule has 2 aliphatic rings. The summed E-state index contributed by atoms with van der Waals surface area (Å²) in [4.78, 5) is 0. The van der Waals surface area contributed by atoms with Crippen LogP contribution in [0.5, 0.6) is 0 Å². The third-order valence-electron chi connectivity index (χ3n) is 3.73. The molecule has 0 aliphatic heterocycles. The van der Waals surface area contributed by atoms with Crippen molar-refractivity contribution in [3.8, 4) is 0 Å². The van der Waals surface area contributed by atoms with Crippen molar-refractivity contribution in [3.05, 3.63) is 18.6 Å². The molecule has 13 heavy (non-hydrogen) atoms. The zero-order valence-electron chi connectivity index (χ0n) is 8.60. The first-order valence-electron chi connectivity index (χ1n) is 5.90. The summed E-state index contributed by atoms with van der Waals surface area (Å²) in [5.41, 5.74) is 1.46. The van der Waals surface area contributed by atoms with Gasteiger partial charge in [0.2, 0.25) is 0 Å². The Labute approximate surface area is 82.4 Å². The molecule has 0 aromatic rings. The smallest absolute Gasteiger partial charge is 0.0203 e. The summed E-state index contributed by atoms with van der Waals surface area (Å²) in [6.07, 6.45) is 13.9. The van der Waals surface area contributed by atoms with Gasteiger partial charge in [0.1, 0.15) is 0 Å². The Hall–Kier alpha value is -0.260. The molecule has 0 aromatic heterocycles. The molecule has 2 fully saturated rings. The first-order valence-corrected chi connectivity index (χ1v) is 5.90. The molecule has 0 N–H and O–H groups in total. The lowest BCUT2D eigenvalue weighted by Crippen LogP contribution is -1.98. The highest BCUT2D eigenvalue weighted by atomic mass is 14.2. The molecule has 0 heteroatoms. The van der Waals surface area contributed by atoms with E-state index in [1.807, 2.05) is 0 Å². The Morgan fingerprint density at radius 2 is 1.46 bits per heavy atom. The molecule has 73 valence electrons. The standard InChI is InChI=1S/C13H21/c1-11(13-8-4-5-9-13)10-12-6-2-3-7-12/h10,12-13H,1-9H2. The van der Waals surface area contributed by atoms with Crippen molar-refractivity contribution in [1.29, 1.82) is 0 Å². The van der Waals surface area contributed by atoms with E-state index in [1.54, 1.807) is 0 Å². The lowest BCUT2D eigenvalue weighted by atomic mass is 9.94. The lowest BCUT2D eigenvalue weighted by Gasteiger charge is -2.11. The Kier molecular flexibility index (Phi) is 3.08. The molecule has 0 bridgehead atoms. The number of hydrogen-bond acceptors (Lipinski definition) is 0. The van der Waals surface area contributed by atoms with Crippen molar-refractivity contribution in [2.24, 2.45) is 11.8 Å². The van der Waals surface area contributed by atoms with E-state index in [0.717, 1.165) is 11.8 Å². The third-order valence-corrected chi connectivity index (χ3v) is 3.73. The highest BCUT2D eigenvalue weighted by Crippen LogP contribution is 2.33. The maximum atomic E-state index is 4.24. The highest BCUT2D eigenvalue weighted by molar-refractivity contribution is 5.13. The molecule has 1 radical (unpaired) electrons. The lowest BCUT2D eigenvalue weighted by molar-refractivity contribution is 0.623. The maximum absolute atomic E-state index is 4.24. The Balaban J connectivity index is 1.89. The Bertz CT molecular complexity index is 178. The van der Waals surface area contributed by atoms with Gasteiger partial charge < -0.3 is 0 Å². The van der Waals surface area contributed by atoms with Crippen LogP contribution in [0, 0.1) is 18.8 Å². The SMILES string of the molecule is [CH2]C(=CC1CCCC1)C1CCCC1. The van der Waals surface area contributed by atoms with Gasteiger partial charge in [-0.1, -0.05) is 37.3 Å². The predicted octanol–water partition coefficient (Wildman–Crippen LogP) is 4.13. The average Bonchev–Trinajstić information content (AvgIpc) is 2.74. The molecule has 2 rings (SSSR count). The molecule has 2 saturated carbocycles. The van der Waals surface area contributed by atoms with E-state index in [4.69, 9.17) is 0 Å². The fourth-order valence-electron chi connectivity index (χ4n) is 2.86. The summed E-state index contributed by atoms with van der Waals surface area (Å²) >= 11 is 0. The molecule has 0 saturated heterocycles. The Morgan fingerprint density at radius 3 is 2.08 bits per heavy atom. The average molecular weight is 177 g/mol. The molecule has 0 nitrogen and oxygen atoms in total. The second kappa shape index (κ2) is 4.30. The number of rotatable bonds is 2. The van der Waals surface area contributed by atoms with Gasteiger partial charge in [-0.15, -0.1) is 0 Å². The van der Waals surface area contributed by atoms with Crippen LogP contribution in [0.3, 0.4) is 0 Å². The van der Waals surface area contributed by atoms with E-state index in [0.29, 0.717) is 0 Å². The van der Waals surface area contributed by atoms with Crippen LogP contribution >= 0.6 is 0 Å². The Morgan fingerprint density at radius 1 is 0.923 bits per heavy atom. The molecular weight excluding hydrogens is 156 g/mol. The normalized spacial score (nSPS) is 27.3. The third kappa shape index (κ3) is 2.36. The zero-order valence-corrected chi connectivity index (χ0v) is 8.60. The minimum Gasteiger partial charge on any atom is -0.0819 e. The molecule has 0 spiro atoms. The molecular formula is C13H21. The van der Waals surface area contributed by atoms with Gasteiger partial charge in [0.25, 0.3) is 0 Å². The van der Waals surface area contributed by atoms with E-state index in [2.05, 4.69) is 13.0 Å². The van der Waals surface area contributed by atoms with Crippen molar-refractivity contribution in [2.45, 2.75) is 51.4 Å². The van der Waals surface area contributed by atoms with Crippen molar-refractivity contribution in [1.82, 2.24) is 0 Å². The van der Waals surface area contributed by atoms with Gasteiger partial charge in [-0.3, -0.25) is 0 Å². The molecule has 0 heterocycles.